The summed E-state index contributed by atoms with van der Waals surface area (Å²) in [6.45, 7) is 3.03. The molecule has 1 aliphatic rings. The minimum Gasteiger partial charge on any atom is -0.381 e. The van der Waals surface area contributed by atoms with E-state index in [1.54, 1.807) is 0 Å². The summed E-state index contributed by atoms with van der Waals surface area (Å²) in [6.07, 6.45) is 4.52. The minimum absolute atomic E-state index is 0.718. The predicted octanol–water partition coefficient (Wildman–Crippen LogP) is 1.12. The van der Waals surface area contributed by atoms with Gasteiger partial charge in [0.05, 0.1) is 0 Å². The fraction of sp³-hybridized carbons (Fsp3) is 1.00. The van der Waals surface area contributed by atoms with Crippen LogP contribution in [-0.4, -0.2) is 37.8 Å². The molecular weight excluding hydrogens is 158 g/mol. The molecule has 3 heteroatoms. The van der Waals surface area contributed by atoms with E-state index in [9.17, 15) is 0 Å². The van der Waals surface area contributed by atoms with Gasteiger partial charge in [-0.25, -0.2) is 0 Å². The van der Waals surface area contributed by atoms with Crippen LogP contribution in [0.3, 0.4) is 0 Å². The maximum Gasteiger partial charge on any atom is 0.0480 e. The monoisotopic (exact) mass is 175 g/mol. The molecule has 1 fully saturated rings. The van der Waals surface area contributed by atoms with E-state index >= 15 is 0 Å². The summed E-state index contributed by atoms with van der Waals surface area (Å²) in [7, 11) is 0. The van der Waals surface area contributed by atoms with Gasteiger partial charge in [0.2, 0.25) is 0 Å². The van der Waals surface area contributed by atoms with Crippen LogP contribution in [0.1, 0.15) is 12.8 Å². The Morgan fingerprint density at radius 2 is 2.18 bits per heavy atom. The lowest BCUT2D eigenvalue weighted by molar-refractivity contribution is 0.0786. The van der Waals surface area contributed by atoms with Gasteiger partial charge in [0, 0.05) is 31.6 Å². The molecular formula is C8H17NOS. The Bertz CT molecular complexity index is 94.1. The molecule has 0 saturated carbocycles. The number of thioether (sulfide) groups is 1. The number of rotatable bonds is 4. The molecule has 0 atom stereocenters. The van der Waals surface area contributed by atoms with E-state index in [0.29, 0.717) is 0 Å². The molecule has 0 aromatic carbocycles. The highest BCUT2D eigenvalue weighted by Gasteiger charge is 2.11. The molecule has 1 saturated heterocycles. The molecule has 0 aromatic rings. The molecule has 2 nitrogen and oxygen atoms in total. The van der Waals surface area contributed by atoms with Crippen molar-refractivity contribution >= 4 is 11.8 Å². The van der Waals surface area contributed by atoms with Crippen LogP contribution in [0, 0.1) is 0 Å². The van der Waals surface area contributed by atoms with E-state index in [0.717, 1.165) is 25.8 Å². The molecule has 1 heterocycles. The maximum absolute atomic E-state index is 5.26. The Morgan fingerprint density at radius 3 is 2.82 bits per heavy atom. The lowest BCUT2D eigenvalue weighted by Crippen LogP contribution is -2.35. The molecule has 0 aromatic heterocycles. The summed E-state index contributed by atoms with van der Waals surface area (Å²) in [5.74, 6) is 1.22. The van der Waals surface area contributed by atoms with Gasteiger partial charge in [0.1, 0.15) is 0 Å². The van der Waals surface area contributed by atoms with Crippen LogP contribution in [0.5, 0.6) is 0 Å². The summed E-state index contributed by atoms with van der Waals surface area (Å²) in [5.41, 5.74) is 0. The first-order valence-corrected chi connectivity index (χ1v) is 5.63. The average molecular weight is 175 g/mol. The van der Waals surface area contributed by atoms with Crippen LogP contribution >= 0.6 is 11.8 Å². The highest BCUT2D eigenvalue weighted by Crippen LogP contribution is 2.05. The second-order valence-electron chi connectivity index (χ2n) is 2.83. The van der Waals surface area contributed by atoms with E-state index in [1.165, 1.54) is 18.6 Å². The van der Waals surface area contributed by atoms with Crippen molar-refractivity contribution in [1.29, 1.82) is 0 Å². The standard InChI is InChI=1S/C8H17NOS/c1-11-7-4-9-8-2-5-10-6-3-8/h8-9H,2-7H2,1H3. The van der Waals surface area contributed by atoms with Crippen LogP contribution in [0.25, 0.3) is 0 Å². The highest BCUT2D eigenvalue weighted by molar-refractivity contribution is 7.98. The van der Waals surface area contributed by atoms with Crippen molar-refractivity contribution in [3.8, 4) is 0 Å². The fourth-order valence-corrected chi connectivity index (χ4v) is 1.59. The Balaban J connectivity index is 1.96. The first kappa shape index (κ1) is 9.36. The summed E-state index contributed by atoms with van der Waals surface area (Å²) in [6, 6.07) is 0.718. The highest BCUT2D eigenvalue weighted by atomic mass is 32.2. The fourth-order valence-electron chi connectivity index (χ4n) is 1.27. The Kier molecular flexibility index (Phi) is 4.99. The maximum atomic E-state index is 5.26. The van der Waals surface area contributed by atoms with Crippen molar-refractivity contribution in [2.75, 3.05) is 31.8 Å². The van der Waals surface area contributed by atoms with Gasteiger partial charge in [-0.05, 0) is 19.1 Å². The lowest BCUT2D eigenvalue weighted by atomic mass is 10.1. The molecule has 0 aliphatic carbocycles. The van der Waals surface area contributed by atoms with E-state index in [4.69, 9.17) is 4.74 Å². The molecule has 1 rings (SSSR count). The topological polar surface area (TPSA) is 21.3 Å². The van der Waals surface area contributed by atoms with Crippen LogP contribution in [0.2, 0.25) is 0 Å². The first-order valence-electron chi connectivity index (χ1n) is 4.23. The molecule has 0 radical (unpaired) electrons. The molecule has 1 N–H and O–H groups in total. The van der Waals surface area contributed by atoms with Gasteiger partial charge in [-0.15, -0.1) is 0 Å². The van der Waals surface area contributed by atoms with E-state index in [1.807, 2.05) is 11.8 Å². The Hall–Kier alpha value is 0.270. The summed E-state index contributed by atoms with van der Waals surface area (Å²) in [4.78, 5) is 0. The third-order valence-electron chi connectivity index (χ3n) is 1.96. The van der Waals surface area contributed by atoms with Crippen LogP contribution in [0.15, 0.2) is 0 Å². The normalized spacial score (nSPS) is 20.5. The van der Waals surface area contributed by atoms with Crippen molar-refractivity contribution in [3.05, 3.63) is 0 Å². The van der Waals surface area contributed by atoms with Crippen LogP contribution in [0.4, 0.5) is 0 Å². The number of hydrogen-bond acceptors (Lipinski definition) is 3. The van der Waals surface area contributed by atoms with E-state index in [2.05, 4.69) is 11.6 Å². The predicted molar refractivity (Wildman–Crippen MR) is 50.2 cm³/mol. The smallest absolute Gasteiger partial charge is 0.0480 e. The van der Waals surface area contributed by atoms with E-state index in [-0.39, 0.29) is 0 Å². The third kappa shape index (κ3) is 3.99. The van der Waals surface area contributed by atoms with Crippen molar-refractivity contribution in [3.63, 3.8) is 0 Å². The summed E-state index contributed by atoms with van der Waals surface area (Å²) in [5, 5.41) is 3.52. The van der Waals surface area contributed by atoms with Gasteiger partial charge in [0.15, 0.2) is 0 Å². The Morgan fingerprint density at radius 1 is 1.45 bits per heavy atom. The van der Waals surface area contributed by atoms with Crippen molar-refractivity contribution < 1.29 is 4.74 Å². The molecule has 0 unspecified atom stereocenters. The average Bonchev–Trinajstić information content (AvgIpc) is 2.07. The largest absolute Gasteiger partial charge is 0.381 e. The summed E-state index contributed by atoms with van der Waals surface area (Å²) >= 11 is 1.90. The second-order valence-corrected chi connectivity index (χ2v) is 3.82. The molecule has 0 amide bonds. The SMILES string of the molecule is CSCCNC1CCOCC1. The van der Waals surface area contributed by atoms with Crippen molar-refractivity contribution in [2.24, 2.45) is 0 Å². The lowest BCUT2D eigenvalue weighted by Gasteiger charge is -2.22. The van der Waals surface area contributed by atoms with Crippen LogP contribution < -0.4 is 5.32 Å². The van der Waals surface area contributed by atoms with Crippen LogP contribution in [-0.2, 0) is 4.74 Å². The van der Waals surface area contributed by atoms with Crippen molar-refractivity contribution in [1.82, 2.24) is 5.32 Å². The van der Waals surface area contributed by atoms with Gasteiger partial charge < -0.3 is 10.1 Å². The summed E-state index contributed by atoms with van der Waals surface area (Å²) < 4.78 is 5.26. The van der Waals surface area contributed by atoms with Gasteiger partial charge in [0.25, 0.3) is 0 Å². The minimum atomic E-state index is 0.718. The Labute approximate surface area is 73.1 Å². The zero-order valence-corrected chi connectivity index (χ0v) is 7.95. The number of hydrogen-bond donors (Lipinski definition) is 1. The number of nitrogens with one attached hydrogen (secondary N) is 1. The molecule has 0 spiro atoms. The van der Waals surface area contributed by atoms with Gasteiger partial charge in [-0.1, -0.05) is 0 Å². The quantitative estimate of drug-likeness (QED) is 0.647. The molecule has 1 aliphatic heterocycles. The zero-order valence-electron chi connectivity index (χ0n) is 7.14. The van der Waals surface area contributed by atoms with Crippen molar-refractivity contribution in [2.45, 2.75) is 18.9 Å². The molecule has 11 heavy (non-hydrogen) atoms. The zero-order chi connectivity index (χ0) is 7.94. The van der Waals surface area contributed by atoms with Gasteiger partial charge in [-0.2, -0.15) is 11.8 Å². The van der Waals surface area contributed by atoms with Gasteiger partial charge in [-0.3, -0.25) is 0 Å². The van der Waals surface area contributed by atoms with E-state index < -0.39 is 0 Å². The molecule has 0 bridgehead atoms. The second kappa shape index (κ2) is 5.86. The first-order chi connectivity index (χ1) is 5.43. The third-order valence-corrected chi connectivity index (χ3v) is 2.57. The number of ether oxygens (including phenoxy) is 1. The molecule has 66 valence electrons. The van der Waals surface area contributed by atoms with Gasteiger partial charge >= 0.3 is 0 Å².